The number of carbonyl (C=O) groups excluding carboxylic acids is 1. The molecule has 2 N–H and O–H groups in total. The van der Waals surface area contributed by atoms with E-state index in [2.05, 4.69) is 20.4 Å². The van der Waals surface area contributed by atoms with Crippen LogP contribution in [-0.2, 0) is 17.5 Å². The van der Waals surface area contributed by atoms with Gasteiger partial charge in [-0.3, -0.25) is 5.32 Å². The van der Waals surface area contributed by atoms with Crippen molar-refractivity contribution >= 4 is 29.2 Å². The summed E-state index contributed by atoms with van der Waals surface area (Å²) in [5, 5.41) is 5.24. The maximum atomic E-state index is 12.5. The second kappa shape index (κ2) is 7.39. The average Bonchev–Trinajstić information content (AvgIpc) is 2.54. The van der Waals surface area contributed by atoms with E-state index in [-0.39, 0.29) is 10.8 Å². The number of nitrogens with one attached hydrogen (secondary N) is 2. The van der Waals surface area contributed by atoms with Gasteiger partial charge in [-0.05, 0) is 23.8 Å². The van der Waals surface area contributed by atoms with E-state index in [4.69, 9.17) is 11.6 Å². The van der Waals surface area contributed by atoms with E-state index in [9.17, 15) is 18.0 Å². The highest BCUT2D eigenvalue weighted by Crippen LogP contribution is 2.32. The van der Waals surface area contributed by atoms with Crippen LogP contribution in [-0.4, -0.2) is 18.2 Å². The predicted octanol–water partition coefficient (Wildman–Crippen LogP) is 4.54. The molecule has 0 spiro atoms. The maximum absolute atomic E-state index is 12.5. The fourth-order valence-corrected chi connectivity index (χ4v) is 2.02. The highest BCUT2D eigenvalue weighted by Gasteiger charge is 2.31. The molecule has 0 aliphatic carbocycles. The number of nitrogens with zero attached hydrogens (tertiary/aromatic N) is 1. The fraction of sp³-hybridized carbons (Fsp3) is 0.200. The zero-order chi connectivity index (χ0) is 17.7. The number of aromatic nitrogens is 1. The molecule has 0 radical (unpaired) electrons. The van der Waals surface area contributed by atoms with Crippen molar-refractivity contribution in [1.29, 1.82) is 0 Å². The normalized spacial score (nSPS) is 11.0. The van der Waals surface area contributed by atoms with Crippen molar-refractivity contribution in [3.8, 4) is 0 Å². The number of anilines is 2. The van der Waals surface area contributed by atoms with Gasteiger partial charge in [0.15, 0.2) is 0 Å². The molecule has 2 aromatic rings. The molecule has 9 heteroatoms. The Morgan fingerprint density at radius 1 is 1.29 bits per heavy atom. The molecule has 1 amide bonds. The molecule has 5 nitrogen and oxygen atoms in total. The van der Waals surface area contributed by atoms with E-state index in [1.165, 1.54) is 7.11 Å². The minimum absolute atomic E-state index is 0.117. The van der Waals surface area contributed by atoms with Crippen LogP contribution in [0.2, 0.25) is 5.02 Å². The van der Waals surface area contributed by atoms with Gasteiger partial charge in [-0.2, -0.15) is 13.2 Å². The smallest absolute Gasteiger partial charge is 0.417 e. The summed E-state index contributed by atoms with van der Waals surface area (Å²) in [6, 6.07) is 7.61. The first-order valence-corrected chi connectivity index (χ1v) is 7.08. The summed E-state index contributed by atoms with van der Waals surface area (Å²) in [6.45, 7) is 0.302. The summed E-state index contributed by atoms with van der Waals surface area (Å²) in [5.41, 5.74) is 0.468. The zero-order valence-electron chi connectivity index (χ0n) is 12.4. The van der Waals surface area contributed by atoms with Crippen LogP contribution in [0.5, 0.6) is 0 Å². The first kappa shape index (κ1) is 17.9. The summed E-state index contributed by atoms with van der Waals surface area (Å²) in [5.74, 6) is 0.154. The molecule has 0 aliphatic heterocycles. The molecule has 0 saturated carbocycles. The summed E-state index contributed by atoms with van der Waals surface area (Å²) < 4.78 is 42.1. The van der Waals surface area contributed by atoms with Gasteiger partial charge in [0.2, 0.25) is 0 Å². The van der Waals surface area contributed by atoms with Crippen molar-refractivity contribution in [2.45, 2.75) is 12.7 Å². The van der Waals surface area contributed by atoms with Crippen LogP contribution in [0.3, 0.4) is 0 Å². The Labute approximate surface area is 140 Å². The molecule has 1 heterocycles. The highest BCUT2D eigenvalue weighted by molar-refractivity contribution is 6.32. The first-order valence-electron chi connectivity index (χ1n) is 6.70. The number of benzene rings is 1. The van der Waals surface area contributed by atoms with Crippen molar-refractivity contribution in [2.24, 2.45) is 0 Å². The summed E-state index contributed by atoms with van der Waals surface area (Å²) >= 11 is 5.81. The van der Waals surface area contributed by atoms with Crippen LogP contribution in [0, 0.1) is 0 Å². The maximum Gasteiger partial charge on any atom is 0.417 e. The van der Waals surface area contributed by atoms with Crippen LogP contribution in [0.25, 0.3) is 0 Å². The number of carbonyl (C=O) groups is 1. The molecular formula is C15H13ClF3N3O2. The summed E-state index contributed by atoms with van der Waals surface area (Å²) in [6.07, 6.45) is -4.35. The Bertz CT molecular complexity index is 721. The van der Waals surface area contributed by atoms with E-state index in [1.807, 2.05) is 0 Å². The van der Waals surface area contributed by atoms with E-state index in [0.717, 1.165) is 17.8 Å². The SMILES string of the molecule is COC(=O)Nc1ccc(CNc2ncc(C(F)(F)F)cc2Cl)cc1. The minimum atomic E-state index is -4.49. The number of hydrogen-bond acceptors (Lipinski definition) is 4. The Balaban J connectivity index is 1.99. The van der Waals surface area contributed by atoms with E-state index in [1.54, 1.807) is 24.3 Å². The minimum Gasteiger partial charge on any atom is -0.453 e. The van der Waals surface area contributed by atoms with E-state index in [0.29, 0.717) is 12.2 Å². The van der Waals surface area contributed by atoms with Crippen molar-refractivity contribution in [2.75, 3.05) is 17.7 Å². The Morgan fingerprint density at radius 2 is 1.96 bits per heavy atom. The Hall–Kier alpha value is -2.48. The molecule has 128 valence electrons. The molecule has 0 aliphatic rings. The third kappa shape index (κ3) is 4.76. The third-order valence-corrected chi connectivity index (χ3v) is 3.30. The van der Waals surface area contributed by atoms with Crippen molar-refractivity contribution in [3.05, 3.63) is 52.7 Å². The second-order valence-corrected chi connectivity index (χ2v) is 5.13. The lowest BCUT2D eigenvalue weighted by atomic mass is 10.2. The molecular weight excluding hydrogens is 347 g/mol. The van der Waals surface area contributed by atoms with Crippen molar-refractivity contribution in [1.82, 2.24) is 4.98 Å². The van der Waals surface area contributed by atoms with Gasteiger partial charge in [0.25, 0.3) is 0 Å². The van der Waals surface area contributed by atoms with Crippen molar-refractivity contribution in [3.63, 3.8) is 0 Å². The monoisotopic (exact) mass is 359 g/mol. The molecule has 1 aromatic carbocycles. The molecule has 0 fully saturated rings. The predicted molar refractivity (Wildman–Crippen MR) is 84.0 cm³/mol. The Morgan fingerprint density at radius 3 is 2.50 bits per heavy atom. The number of amides is 1. The lowest BCUT2D eigenvalue weighted by Crippen LogP contribution is -2.11. The molecule has 2 rings (SSSR count). The van der Waals surface area contributed by atoms with Gasteiger partial charge in [-0.1, -0.05) is 23.7 Å². The summed E-state index contributed by atoms with van der Waals surface area (Å²) in [4.78, 5) is 14.8. The standard InChI is InChI=1S/C15H13ClF3N3O2/c1-24-14(23)22-11-4-2-9(3-5-11)7-20-13-12(16)6-10(8-21-13)15(17,18)19/h2-6,8H,7H2,1H3,(H,20,21)(H,22,23). The zero-order valence-corrected chi connectivity index (χ0v) is 13.2. The molecule has 0 bridgehead atoms. The van der Waals surface area contributed by atoms with Crippen LogP contribution < -0.4 is 10.6 Å². The van der Waals surface area contributed by atoms with Crippen LogP contribution in [0.1, 0.15) is 11.1 Å². The van der Waals surface area contributed by atoms with Crippen LogP contribution >= 0.6 is 11.6 Å². The van der Waals surface area contributed by atoms with Gasteiger partial charge in [-0.25, -0.2) is 9.78 Å². The van der Waals surface area contributed by atoms with E-state index >= 15 is 0 Å². The lowest BCUT2D eigenvalue weighted by molar-refractivity contribution is -0.137. The molecule has 0 unspecified atom stereocenters. The molecule has 1 aromatic heterocycles. The topological polar surface area (TPSA) is 63.2 Å². The fourth-order valence-electron chi connectivity index (χ4n) is 1.78. The number of methoxy groups -OCH3 is 1. The number of pyridine rings is 1. The number of rotatable bonds is 4. The second-order valence-electron chi connectivity index (χ2n) is 4.72. The van der Waals surface area contributed by atoms with Gasteiger partial charge in [0, 0.05) is 18.4 Å². The van der Waals surface area contributed by atoms with Gasteiger partial charge < -0.3 is 10.1 Å². The third-order valence-electron chi connectivity index (χ3n) is 3.01. The highest BCUT2D eigenvalue weighted by atomic mass is 35.5. The van der Waals surface area contributed by atoms with Gasteiger partial charge in [0.1, 0.15) is 5.82 Å². The van der Waals surface area contributed by atoms with Crippen molar-refractivity contribution < 1.29 is 22.7 Å². The quantitative estimate of drug-likeness (QED) is 0.841. The Kier molecular flexibility index (Phi) is 5.50. The molecule has 0 saturated heterocycles. The lowest BCUT2D eigenvalue weighted by Gasteiger charge is -2.11. The number of alkyl halides is 3. The van der Waals surface area contributed by atoms with Gasteiger partial charge in [-0.15, -0.1) is 0 Å². The molecule has 0 atom stereocenters. The number of hydrogen-bond donors (Lipinski definition) is 2. The number of halogens is 4. The van der Waals surface area contributed by atoms with Crippen LogP contribution in [0.15, 0.2) is 36.5 Å². The largest absolute Gasteiger partial charge is 0.453 e. The van der Waals surface area contributed by atoms with Gasteiger partial charge in [0.05, 0.1) is 17.7 Å². The van der Waals surface area contributed by atoms with E-state index < -0.39 is 17.8 Å². The molecule has 24 heavy (non-hydrogen) atoms. The average molecular weight is 360 g/mol. The summed E-state index contributed by atoms with van der Waals surface area (Å²) in [7, 11) is 1.26. The van der Waals surface area contributed by atoms with Crippen LogP contribution in [0.4, 0.5) is 29.5 Å². The first-order chi connectivity index (χ1) is 11.3. The van der Waals surface area contributed by atoms with Gasteiger partial charge >= 0.3 is 12.3 Å². The number of ether oxygens (including phenoxy) is 1.